The van der Waals surface area contributed by atoms with Crippen molar-refractivity contribution >= 4 is 17.9 Å². The molecule has 0 bridgehead atoms. The summed E-state index contributed by atoms with van der Waals surface area (Å²) in [5.41, 5.74) is 4.52. The molecule has 0 aromatic heterocycles. The van der Waals surface area contributed by atoms with Gasteiger partial charge in [0.2, 0.25) is 6.04 Å². The van der Waals surface area contributed by atoms with E-state index in [2.05, 4.69) is 9.78 Å². The van der Waals surface area contributed by atoms with Crippen molar-refractivity contribution in [3.05, 3.63) is 0 Å². The van der Waals surface area contributed by atoms with Crippen LogP contribution in [0.4, 0.5) is 0 Å². The van der Waals surface area contributed by atoms with Crippen LogP contribution in [-0.2, 0) is 28.9 Å². The van der Waals surface area contributed by atoms with Crippen LogP contribution in [0.1, 0.15) is 40.5 Å². The number of carbonyl (C=O) groups excluding carboxylic acids is 3. The molecule has 18 heavy (non-hydrogen) atoms. The molecular formula is C11H19NO6. The minimum Gasteiger partial charge on any atom is -0.458 e. The van der Waals surface area contributed by atoms with Crippen molar-refractivity contribution < 1.29 is 28.9 Å². The zero-order chi connectivity index (χ0) is 14.3. The Kier molecular flexibility index (Phi) is 6.32. The summed E-state index contributed by atoms with van der Waals surface area (Å²) in [5, 5.41) is 0. The van der Waals surface area contributed by atoms with Crippen LogP contribution < -0.4 is 5.73 Å². The second kappa shape index (κ2) is 6.95. The van der Waals surface area contributed by atoms with E-state index in [1.54, 1.807) is 27.7 Å². The molecule has 7 heteroatoms. The predicted octanol–water partition coefficient (Wildman–Crippen LogP) is 0.457. The van der Waals surface area contributed by atoms with Crippen molar-refractivity contribution in [3.8, 4) is 0 Å². The number of ether oxygens (including phenoxy) is 1. The quantitative estimate of drug-likeness (QED) is 0.339. The molecule has 0 aromatic rings. The van der Waals surface area contributed by atoms with Gasteiger partial charge in [-0.2, -0.15) is 0 Å². The number of esters is 1. The second-order valence-electron chi connectivity index (χ2n) is 4.62. The van der Waals surface area contributed by atoms with Gasteiger partial charge in [-0.25, -0.2) is 24.2 Å². The average Bonchev–Trinajstić information content (AvgIpc) is 2.22. The Balaban J connectivity index is 4.18. The molecule has 0 amide bonds. The first-order chi connectivity index (χ1) is 8.17. The van der Waals surface area contributed by atoms with Crippen molar-refractivity contribution in [3.63, 3.8) is 0 Å². The van der Waals surface area contributed by atoms with Gasteiger partial charge in [-0.1, -0.05) is 6.92 Å². The maximum Gasteiger partial charge on any atom is 0.383 e. The number of hydrogen-bond donors (Lipinski definition) is 1. The zero-order valence-electron chi connectivity index (χ0n) is 11.0. The number of nitrogens with two attached hydrogens (primary N) is 1. The van der Waals surface area contributed by atoms with Gasteiger partial charge >= 0.3 is 17.9 Å². The van der Waals surface area contributed by atoms with Gasteiger partial charge in [0.15, 0.2) is 0 Å². The van der Waals surface area contributed by atoms with Crippen molar-refractivity contribution in [2.75, 3.05) is 0 Å². The lowest BCUT2D eigenvalue weighted by molar-refractivity contribution is -0.260. The van der Waals surface area contributed by atoms with E-state index in [9.17, 15) is 14.4 Å². The summed E-state index contributed by atoms with van der Waals surface area (Å²) in [6, 6.07) is -1.64. The van der Waals surface area contributed by atoms with Crippen LogP contribution >= 0.6 is 0 Å². The summed E-state index contributed by atoms with van der Waals surface area (Å²) < 4.78 is 4.87. The van der Waals surface area contributed by atoms with Gasteiger partial charge in [0, 0.05) is 6.42 Å². The molecule has 7 nitrogen and oxygen atoms in total. The molecule has 0 rings (SSSR count). The fourth-order valence-electron chi connectivity index (χ4n) is 0.847. The maximum absolute atomic E-state index is 11.4. The fourth-order valence-corrected chi connectivity index (χ4v) is 0.847. The highest BCUT2D eigenvalue weighted by molar-refractivity contribution is 5.99. The van der Waals surface area contributed by atoms with E-state index in [-0.39, 0.29) is 6.42 Å². The van der Waals surface area contributed by atoms with Crippen LogP contribution in [0.25, 0.3) is 0 Å². The summed E-state index contributed by atoms with van der Waals surface area (Å²) in [7, 11) is 0. The number of carbonyl (C=O) groups is 3. The van der Waals surface area contributed by atoms with E-state index in [4.69, 9.17) is 10.5 Å². The lowest BCUT2D eigenvalue weighted by atomic mass is 10.2. The first-order valence-electron chi connectivity index (χ1n) is 5.57. The molecule has 0 aliphatic carbocycles. The molecule has 0 aliphatic heterocycles. The monoisotopic (exact) mass is 261 g/mol. The molecular weight excluding hydrogens is 242 g/mol. The van der Waals surface area contributed by atoms with Crippen molar-refractivity contribution in [2.45, 2.75) is 52.2 Å². The molecule has 0 heterocycles. The van der Waals surface area contributed by atoms with Crippen LogP contribution in [0, 0.1) is 0 Å². The van der Waals surface area contributed by atoms with E-state index < -0.39 is 29.6 Å². The zero-order valence-corrected chi connectivity index (χ0v) is 11.0. The van der Waals surface area contributed by atoms with Crippen molar-refractivity contribution in [2.24, 2.45) is 5.73 Å². The maximum atomic E-state index is 11.4. The lowest BCUT2D eigenvalue weighted by Gasteiger charge is -2.21. The van der Waals surface area contributed by atoms with Crippen LogP contribution in [-0.4, -0.2) is 29.6 Å². The molecule has 104 valence electrons. The van der Waals surface area contributed by atoms with Gasteiger partial charge in [-0.3, -0.25) is 0 Å². The van der Waals surface area contributed by atoms with Crippen LogP contribution in [0.5, 0.6) is 0 Å². The molecule has 1 unspecified atom stereocenters. The normalized spacial score (nSPS) is 12.5. The van der Waals surface area contributed by atoms with Crippen LogP contribution in [0.2, 0.25) is 0 Å². The largest absolute Gasteiger partial charge is 0.458 e. The fraction of sp³-hybridized carbons (Fsp3) is 0.727. The summed E-state index contributed by atoms with van der Waals surface area (Å²) in [4.78, 5) is 41.9. The lowest BCUT2D eigenvalue weighted by Crippen LogP contribution is -2.44. The highest BCUT2D eigenvalue weighted by atomic mass is 17.2. The Morgan fingerprint density at radius 1 is 1.11 bits per heavy atom. The van der Waals surface area contributed by atoms with Gasteiger partial charge in [-0.05, 0) is 27.2 Å². The summed E-state index contributed by atoms with van der Waals surface area (Å²) in [6.45, 7) is 6.65. The van der Waals surface area contributed by atoms with Gasteiger partial charge in [0.25, 0.3) is 0 Å². The van der Waals surface area contributed by atoms with Crippen LogP contribution in [0.3, 0.4) is 0 Å². The van der Waals surface area contributed by atoms with Crippen molar-refractivity contribution in [1.82, 2.24) is 0 Å². The number of rotatable bonds is 4. The van der Waals surface area contributed by atoms with Gasteiger partial charge in [0.05, 0.1) is 0 Å². The van der Waals surface area contributed by atoms with Gasteiger partial charge in [0.1, 0.15) is 5.60 Å². The van der Waals surface area contributed by atoms with Gasteiger partial charge in [-0.15, -0.1) is 0 Å². The molecule has 0 fully saturated rings. The van der Waals surface area contributed by atoms with E-state index in [1.165, 1.54) is 0 Å². The van der Waals surface area contributed by atoms with Crippen molar-refractivity contribution in [1.29, 1.82) is 0 Å². The first-order valence-corrected chi connectivity index (χ1v) is 5.57. The molecule has 0 radical (unpaired) electrons. The standard InChI is InChI=1S/C11H19NO6/c1-5-6-7(13)17-18-10(15)8(12)9(14)16-11(2,3)4/h8H,5-6,12H2,1-4H3. The van der Waals surface area contributed by atoms with Crippen LogP contribution in [0.15, 0.2) is 0 Å². The molecule has 0 spiro atoms. The summed E-state index contributed by atoms with van der Waals surface area (Å²) in [6.07, 6.45) is 0.656. The Labute approximate surface area is 105 Å². The third-order valence-corrected chi connectivity index (χ3v) is 1.59. The predicted molar refractivity (Wildman–Crippen MR) is 60.9 cm³/mol. The molecule has 2 N–H and O–H groups in total. The smallest absolute Gasteiger partial charge is 0.383 e. The third-order valence-electron chi connectivity index (χ3n) is 1.59. The first kappa shape index (κ1) is 16.4. The minimum absolute atomic E-state index is 0.106. The van der Waals surface area contributed by atoms with E-state index in [0.29, 0.717) is 6.42 Å². The second-order valence-corrected chi connectivity index (χ2v) is 4.62. The Morgan fingerprint density at radius 2 is 1.67 bits per heavy atom. The summed E-state index contributed by atoms with van der Waals surface area (Å²) in [5.74, 6) is -2.82. The topological polar surface area (TPSA) is 105 Å². The Bertz CT molecular complexity index is 320. The Hall–Kier alpha value is -1.63. The molecule has 0 aliphatic rings. The van der Waals surface area contributed by atoms with Gasteiger partial charge < -0.3 is 10.5 Å². The number of hydrogen-bond acceptors (Lipinski definition) is 7. The SMILES string of the molecule is CCCC(=O)OOC(=O)C(N)C(=O)OC(C)(C)C. The highest BCUT2D eigenvalue weighted by Gasteiger charge is 2.30. The highest BCUT2D eigenvalue weighted by Crippen LogP contribution is 2.08. The Morgan fingerprint density at radius 3 is 2.11 bits per heavy atom. The van der Waals surface area contributed by atoms with E-state index in [1.807, 2.05) is 0 Å². The molecule has 0 saturated heterocycles. The minimum atomic E-state index is -1.64. The molecule has 0 saturated carbocycles. The van der Waals surface area contributed by atoms with E-state index in [0.717, 1.165) is 0 Å². The molecule has 0 aromatic carbocycles. The summed E-state index contributed by atoms with van der Waals surface area (Å²) >= 11 is 0. The molecule has 1 atom stereocenters. The average molecular weight is 261 g/mol. The third kappa shape index (κ3) is 6.85. The van der Waals surface area contributed by atoms with E-state index >= 15 is 0 Å².